The van der Waals surface area contributed by atoms with E-state index in [1.807, 2.05) is 11.4 Å². The molecular weight excluding hydrogens is 415 g/mol. The molecule has 0 saturated carbocycles. The van der Waals surface area contributed by atoms with Gasteiger partial charge in [-0.05, 0) is 17.5 Å². The lowest BCUT2D eigenvalue weighted by molar-refractivity contribution is -0.139. The minimum Gasteiger partial charge on any atom is -0.380 e. The number of methoxy groups -OCH3 is 1. The minimum absolute atomic E-state index is 0.209. The van der Waals surface area contributed by atoms with Gasteiger partial charge in [-0.3, -0.25) is 4.79 Å². The largest absolute Gasteiger partial charge is 0.405 e. The quantitative estimate of drug-likeness (QED) is 0.496. The molecule has 0 aromatic carbocycles. The van der Waals surface area contributed by atoms with Crippen LogP contribution in [0.25, 0.3) is 22.4 Å². The predicted octanol–water partition coefficient (Wildman–Crippen LogP) is 2.68. The van der Waals surface area contributed by atoms with Gasteiger partial charge in [0.25, 0.3) is 0 Å². The van der Waals surface area contributed by atoms with Crippen LogP contribution in [0.1, 0.15) is 19.4 Å². The van der Waals surface area contributed by atoms with Crippen LogP contribution < -0.4 is 10.6 Å². The van der Waals surface area contributed by atoms with Gasteiger partial charge in [0.2, 0.25) is 5.91 Å². The third-order valence-electron chi connectivity index (χ3n) is 4.41. The maximum absolute atomic E-state index is 12.4. The Balaban J connectivity index is 1.84. The van der Waals surface area contributed by atoms with Gasteiger partial charge >= 0.3 is 6.18 Å². The van der Waals surface area contributed by atoms with Crippen molar-refractivity contribution in [2.75, 3.05) is 19.0 Å². The monoisotopic (exact) mass is 437 g/mol. The molecular formula is C19H22F3N7O2. The number of amides is 1. The first-order chi connectivity index (χ1) is 14.7. The SMILES string of the molecule is COCc1cnc2[nH]cc(-c3nncc(NC(C(=O)NCC(F)(F)F)C(C)C)n3)c2c1. The topological polar surface area (TPSA) is 118 Å². The molecule has 9 nitrogen and oxygen atoms in total. The Labute approximate surface area is 175 Å². The number of fused-ring (bicyclic) bond motifs is 1. The van der Waals surface area contributed by atoms with Crippen LogP contribution in [0.2, 0.25) is 0 Å². The highest BCUT2D eigenvalue weighted by Gasteiger charge is 2.30. The van der Waals surface area contributed by atoms with Gasteiger partial charge in [-0.1, -0.05) is 13.8 Å². The van der Waals surface area contributed by atoms with Gasteiger partial charge in [0.05, 0.1) is 12.8 Å². The number of carbonyl (C=O) groups excluding carboxylic acids is 1. The van der Waals surface area contributed by atoms with E-state index in [4.69, 9.17) is 4.74 Å². The van der Waals surface area contributed by atoms with Gasteiger partial charge in [0, 0.05) is 30.5 Å². The smallest absolute Gasteiger partial charge is 0.380 e. The summed E-state index contributed by atoms with van der Waals surface area (Å²) < 4.78 is 42.5. The van der Waals surface area contributed by atoms with E-state index in [1.54, 1.807) is 33.4 Å². The van der Waals surface area contributed by atoms with E-state index < -0.39 is 24.7 Å². The summed E-state index contributed by atoms with van der Waals surface area (Å²) in [6.45, 7) is 2.40. The third kappa shape index (κ3) is 5.66. The van der Waals surface area contributed by atoms with Crippen molar-refractivity contribution in [3.05, 3.63) is 30.2 Å². The summed E-state index contributed by atoms with van der Waals surface area (Å²) in [6, 6.07) is 0.952. The number of pyridine rings is 1. The normalized spacial score (nSPS) is 12.9. The average Bonchev–Trinajstić information content (AvgIpc) is 3.13. The number of alkyl halides is 3. The minimum atomic E-state index is -4.49. The Hall–Kier alpha value is -3.28. The van der Waals surface area contributed by atoms with Gasteiger partial charge in [0.1, 0.15) is 24.1 Å². The van der Waals surface area contributed by atoms with Crippen molar-refractivity contribution in [3.63, 3.8) is 0 Å². The van der Waals surface area contributed by atoms with Gasteiger partial charge in [0.15, 0.2) is 5.82 Å². The fourth-order valence-electron chi connectivity index (χ4n) is 2.96. The molecule has 1 atom stereocenters. The van der Waals surface area contributed by atoms with E-state index >= 15 is 0 Å². The number of rotatable bonds is 8. The molecule has 0 spiro atoms. The fraction of sp³-hybridized carbons (Fsp3) is 0.421. The lowest BCUT2D eigenvalue weighted by Crippen LogP contribution is -2.46. The number of aromatic nitrogens is 5. The number of hydrogen-bond donors (Lipinski definition) is 3. The van der Waals surface area contributed by atoms with Crippen LogP contribution in [0.3, 0.4) is 0 Å². The van der Waals surface area contributed by atoms with Crippen LogP contribution >= 0.6 is 0 Å². The highest BCUT2D eigenvalue weighted by atomic mass is 19.4. The molecule has 0 aliphatic rings. The van der Waals surface area contributed by atoms with Crippen molar-refractivity contribution in [2.24, 2.45) is 5.92 Å². The molecule has 3 heterocycles. The second kappa shape index (κ2) is 9.25. The molecule has 3 aromatic rings. The number of aromatic amines is 1. The number of halogens is 3. The summed E-state index contributed by atoms with van der Waals surface area (Å²) in [5.41, 5.74) is 2.13. The molecule has 166 valence electrons. The Morgan fingerprint density at radius 2 is 2.06 bits per heavy atom. The lowest BCUT2D eigenvalue weighted by Gasteiger charge is -2.22. The number of nitrogens with one attached hydrogen (secondary N) is 3. The Kier molecular flexibility index (Phi) is 6.68. The van der Waals surface area contributed by atoms with Gasteiger partial charge in [-0.2, -0.15) is 18.3 Å². The molecule has 0 aliphatic carbocycles. The molecule has 1 unspecified atom stereocenters. The van der Waals surface area contributed by atoms with Crippen LogP contribution in [-0.2, 0) is 16.1 Å². The third-order valence-corrected chi connectivity index (χ3v) is 4.41. The number of hydrogen-bond acceptors (Lipinski definition) is 7. The van der Waals surface area contributed by atoms with Crippen LogP contribution in [0.15, 0.2) is 24.7 Å². The summed E-state index contributed by atoms with van der Waals surface area (Å²) in [6.07, 6.45) is 0.187. The average molecular weight is 437 g/mol. The molecule has 12 heteroatoms. The lowest BCUT2D eigenvalue weighted by atomic mass is 10.0. The van der Waals surface area contributed by atoms with Crippen molar-refractivity contribution in [3.8, 4) is 11.4 Å². The first-order valence-electron chi connectivity index (χ1n) is 9.44. The van der Waals surface area contributed by atoms with Gasteiger partial charge in [-0.15, -0.1) is 5.10 Å². The molecule has 0 aliphatic heterocycles. The maximum atomic E-state index is 12.4. The second-order valence-electron chi connectivity index (χ2n) is 7.24. The van der Waals surface area contributed by atoms with E-state index in [2.05, 4.69) is 30.5 Å². The highest BCUT2D eigenvalue weighted by molar-refractivity contribution is 5.92. The van der Waals surface area contributed by atoms with E-state index in [9.17, 15) is 18.0 Å². The molecule has 3 rings (SSSR count). The summed E-state index contributed by atoms with van der Waals surface area (Å²) in [4.78, 5) is 24.0. The van der Waals surface area contributed by atoms with Crippen molar-refractivity contribution < 1.29 is 22.7 Å². The van der Waals surface area contributed by atoms with Crippen molar-refractivity contribution >= 4 is 22.8 Å². The van der Waals surface area contributed by atoms with Crippen molar-refractivity contribution in [2.45, 2.75) is 32.7 Å². The Bertz CT molecular complexity index is 1050. The zero-order valence-corrected chi connectivity index (χ0v) is 17.1. The number of ether oxygens (including phenoxy) is 1. The zero-order chi connectivity index (χ0) is 22.6. The standard InChI is InChI=1S/C19H22F3N7O2/c1-10(2)15(18(30)25-9-19(20,21)22)27-14-7-26-29-17(28-14)13-6-24-16-12(13)4-11(5-23-16)8-31-3/h4-7,10,15H,8-9H2,1-3H3,(H,23,24)(H,25,30)(H,27,28,29). The number of H-pyrrole nitrogens is 1. The van der Waals surface area contributed by atoms with Crippen LogP contribution in [0.5, 0.6) is 0 Å². The Morgan fingerprint density at radius 1 is 1.29 bits per heavy atom. The summed E-state index contributed by atoms with van der Waals surface area (Å²) in [5.74, 6) is -0.611. The summed E-state index contributed by atoms with van der Waals surface area (Å²) >= 11 is 0. The van der Waals surface area contributed by atoms with Crippen LogP contribution in [0.4, 0.5) is 19.0 Å². The first kappa shape index (κ1) is 22.4. The summed E-state index contributed by atoms with van der Waals surface area (Å²) in [5, 5.41) is 13.5. The second-order valence-corrected chi connectivity index (χ2v) is 7.24. The number of anilines is 1. The highest BCUT2D eigenvalue weighted by Crippen LogP contribution is 2.26. The first-order valence-corrected chi connectivity index (χ1v) is 9.44. The van der Waals surface area contributed by atoms with E-state index in [1.165, 1.54) is 6.20 Å². The molecule has 0 bridgehead atoms. The maximum Gasteiger partial charge on any atom is 0.405 e. The molecule has 0 radical (unpaired) electrons. The predicted molar refractivity (Wildman–Crippen MR) is 107 cm³/mol. The Morgan fingerprint density at radius 3 is 2.74 bits per heavy atom. The molecule has 0 saturated heterocycles. The molecule has 0 fully saturated rings. The number of carbonyl (C=O) groups is 1. The molecule has 31 heavy (non-hydrogen) atoms. The van der Waals surface area contributed by atoms with Crippen molar-refractivity contribution in [1.82, 2.24) is 30.5 Å². The number of nitrogens with zero attached hydrogens (tertiary/aromatic N) is 4. The summed E-state index contributed by atoms with van der Waals surface area (Å²) in [7, 11) is 1.58. The van der Waals surface area contributed by atoms with Crippen LogP contribution in [-0.4, -0.2) is 56.9 Å². The molecule has 3 aromatic heterocycles. The van der Waals surface area contributed by atoms with E-state index in [0.29, 0.717) is 17.8 Å². The molecule has 3 N–H and O–H groups in total. The van der Waals surface area contributed by atoms with Crippen LogP contribution in [0, 0.1) is 5.92 Å². The van der Waals surface area contributed by atoms with E-state index in [-0.39, 0.29) is 17.6 Å². The van der Waals surface area contributed by atoms with Gasteiger partial charge in [-0.25, -0.2) is 9.97 Å². The van der Waals surface area contributed by atoms with E-state index in [0.717, 1.165) is 10.9 Å². The fourth-order valence-corrected chi connectivity index (χ4v) is 2.96. The van der Waals surface area contributed by atoms with Gasteiger partial charge < -0.3 is 20.4 Å². The zero-order valence-electron chi connectivity index (χ0n) is 17.1. The van der Waals surface area contributed by atoms with Crippen molar-refractivity contribution in [1.29, 1.82) is 0 Å². The molecule has 1 amide bonds.